The van der Waals surface area contributed by atoms with E-state index in [-0.39, 0.29) is 17.7 Å². The molecule has 1 saturated carbocycles. The summed E-state index contributed by atoms with van der Waals surface area (Å²) in [5.74, 6) is -0.557. The van der Waals surface area contributed by atoms with Crippen LogP contribution in [-0.2, 0) is 0 Å². The van der Waals surface area contributed by atoms with Gasteiger partial charge >= 0.3 is 5.97 Å². The van der Waals surface area contributed by atoms with E-state index in [1.165, 1.54) is 5.56 Å². The van der Waals surface area contributed by atoms with Gasteiger partial charge in [-0.2, -0.15) is 5.10 Å². The lowest BCUT2D eigenvalue weighted by Gasteiger charge is -2.28. The van der Waals surface area contributed by atoms with Crippen LogP contribution in [0.3, 0.4) is 0 Å². The second-order valence-corrected chi connectivity index (χ2v) is 6.43. The van der Waals surface area contributed by atoms with E-state index >= 15 is 0 Å². The molecule has 1 aliphatic carbocycles. The van der Waals surface area contributed by atoms with Crippen molar-refractivity contribution in [3.63, 3.8) is 0 Å². The quantitative estimate of drug-likeness (QED) is 0.730. The van der Waals surface area contributed by atoms with Gasteiger partial charge in [0, 0.05) is 12.4 Å². The van der Waals surface area contributed by atoms with Crippen molar-refractivity contribution < 1.29 is 14.6 Å². The summed E-state index contributed by atoms with van der Waals surface area (Å²) in [7, 11) is 0. The molecular formula is C18H19N5O3. The highest BCUT2D eigenvalue weighted by Gasteiger charge is 2.26. The fourth-order valence-electron chi connectivity index (χ4n) is 3.43. The van der Waals surface area contributed by atoms with Crippen molar-refractivity contribution in [3.05, 3.63) is 54.0 Å². The van der Waals surface area contributed by atoms with Crippen molar-refractivity contribution in [1.29, 1.82) is 0 Å². The largest absolute Gasteiger partial charge is 0.476 e. The van der Waals surface area contributed by atoms with Crippen LogP contribution in [0.1, 0.15) is 47.7 Å². The molecule has 0 radical (unpaired) electrons. The third kappa shape index (κ3) is 3.30. The normalized spacial score (nSPS) is 20.0. The summed E-state index contributed by atoms with van der Waals surface area (Å²) < 4.78 is 7.58. The van der Waals surface area contributed by atoms with Crippen LogP contribution in [0.2, 0.25) is 0 Å². The molecule has 0 bridgehead atoms. The van der Waals surface area contributed by atoms with Crippen molar-refractivity contribution in [2.45, 2.75) is 37.7 Å². The minimum atomic E-state index is -1.11. The fraction of sp³-hybridized carbons (Fsp3) is 0.333. The molecule has 0 amide bonds. The molecule has 3 aromatic rings. The summed E-state index contributed by atoms with van der Waals surface area (Å²) in [5.41, 5.74) is 2.26. The van der Waals surface area contributed by atoms with Gasteiger partial charge in [-0.25, -0.2) is 14.6 Å². The van der Waals surface area contributed by atoms with Crippen molar-refractivity contribution in [3.8, 4) is 11.6 Å². The molecule has 0 saturated heterocycles. The summed E-state index contributed by atoms with van der Waals surface area (Å²) in [5, 5.41) is 22.9. The van der Waals surface area contributed by atoms with E-state index in [2.05, 4.69) is 44.8 Å². The number of ether oxygens (including phenoxy) is 1. The fourth-order valence-corrected chi connectivity index (χ4v) is 3.43. The number of nitrogens with one attached hydrogen (secondary N) is 1. The van der Waals surface area contributed by atoms with E-state index in [0.29, 0.717) is 5.92 Å². The van der Waals surface area contributed by atoms with Crippen molar-refractivity contribution in [1.82, 2.24) is 25.2 Å². The number of carboxylic acid groups (broad SMARTS) is 1. The summed E-state index contributed by atoms with van der Waals surface area (Å²) >= 11 is 0. The number of carbonyl (C=O) groups is 1. The van der Waals surface area contributed by atoms with Gasteiger partial charge in [-0.1, -0.05) is 22.4 Å². The van der Waals surface area contributed by atoms with Crippen LogP contribution in [0.5, 0.6) is 5.88 Å². The molecule has 0 unspecified atom stereocenters. The lowest BCUT2D eigenvalue weighted by atomic mass is 9.82. The van der Waals surface area contributed by atoms with Gasteiger partial charge in [0.25, 0.3) is 5.88 Å². The molecule has 8 nitrogen and oxygen atoms in total. The minimum Gasteiger partial charge on any atom is -0.476 e. The number of hydrogen-bond acceptors (Lipinski definition) is 5. The molecule has 1 fully saturated rings. The Labute approximate surface area is 149 Å². The van der Waals surface area contributed by atoms with Gasteiger partial charge in [0.05, 0.1) is 5.69 Å². The number of H-pyrrole nitrogens is 1. The van der Waals surface area contributed by atoms with Crippen LogP contribution in [0.15, 0.2) is 42.7 Å². The standard InChI is InChI=1S/C18H19N5O3/c24-18(25)16-17(21-22-20-16)26-15-8-4-13(5-9-15)12-2-6-14(7-3-12)23-11-1-10-19-23/h1-3,6-7,10-11,13,15H,4-5,8-9H2,(H,24,25)(H,20,21,22)/t13-,15-. The predicted molar refractivity (Wildman–Crippen MR) is 92.5 cm³/mol. The number of aromatic carboxylic acids is 1. The van der Waals surface area contributed by atoms with Gasteiger partial charge in [0.1, 0.15) is 6.10 Å². The van der Waals surface area contributed by atoms with Crippen LogP contribution in [0.25, 0.3) is 5.69 Å². The molecule has 0 aliphatic heterocycles. The molecule has 2 heterocycles. The molecular weight excluding hydrogens is 334 g/mol. The Morgan fingerprint density at radius 3 is 2.62 bits per heavy atom. The van der Waals surface area contributed by atoms with E-state index in [1.807, 2.05) is 16.9 Å². The van der Waals surface area contributed by atoms with Gasteiger partial charge in [-0.3, -0.25) is 0 Å². The van der Waals surface area contributed by atoms with Crippen LogP contribution >= 0.6 is 0 Å². The summed E-state index contributed by atoms with van der Waals surface area (Å²) in [6, 6.07) is 10.4. The highest BCUT2D eigenvalue weighted by Crippen LogP contribution is 2.34. The first-order valence-electron chi connectivity index (χ1n) is 8.61. The Bertz CT molecular complexity index is 865. The van der Waals surface area contributed by atoms with E-state index in [4.69, 9.17) is 9.84 Å². The molecule has 0 spiro atoms. The third-order valence-corrected chi connectivity index (χ3v) is 4.82. The smallest absolute Gasteiger partial charge is 0.359 e. The molecule has 1 aromatic carbocycles. The third-order valence-electron chi connectivity index (χ3n) is 4.82. The predicted octanol–water partition coefficient (Wildman–Crippen LogP) is 2.79. The van der Waals surface area contributed by atoms with Gasteiger partial charge in [0.15, 0.2) is 0 Å². The summed E-state index contributed by atoms with van der Waals surface area (Å²) in [6.07, 6.45) is 7.36. The SMILES string of the molecule is O=C(O)c1[nH]nnc1O[C@H]1CC[C@H](c2ccc(-n3cccn3)cc2)CC1. The van der Waals surface area contributed by atoms with Crippen molar-refractivity contribution >= 4 is 5.97 Å². The molecule has 26 heavy (non-hydrogen) atoms. The average Bonchev–Trinajstić information content (AvgIpc) is 3.34. The van der Waals surface area contributed by atoms with Crippen LogP contribution in [-0.4, -0.2) is 42.4 Å². The lowest BCUT2D eigenvalue weighted by molar-refractivity contribution is 0.0678. The van der Waals surface area contributed by atoms with E-state index in [1.54, 1.807) is 6.20 Å². The maximum absolute atomic E-state index is 11.1. The number of hydrogen-bond donors (Lipinski definition) is 2. The molecule has 8 heteroatoms. The van der Waals surface area contributed by atoms with Crippen molar-refractivity contribution in [2.24, 2.45) is 0 Å². The van der Waals surface area contributed by atoms with Crippen molar-refractivity contribution in [2.75, 3.05) is 0 Å². The minimum absolute atomic E-state index is 0.0298. The zero-order valence-electron chi connectivity index (χ0n) is 14.1. The Kier molecular flexibility index (Phi) is 4.39. The highest BCUT2D eigenvalue weighted by atomic mass is 16.5. The molecule has 1 aliphatic rings. The monoisotopic (exact) mass is 353 g/mol. The van der Waals surface area contributed by atoms with Gasteiger partial charge in [-0.05, 0) is 55.4 Å². The van der Waals surface area contributed by atoms with Crippen LogP contribution in [0.4, 0.5) is 0 Å². The first-order chi connectivity index (χ1) is 12.7. The highest BCUT2D eigenvalue weighted by molar-refractivity contribution is 5.87. The maximum Gasteiger partial charge on any atom is 0.359 e. The van der Waals surface area contributed by atoms with Gasteiger partial charge in [0.2, 0.25) is 5.69 Å². The Hall–Kier alpha value is -3.16. The topological polar surface area (TPSA) is 106 Å². The Morgan fingerprint density at radius 2 is 1.96 bits per heavy atom. The Morgan fingerprint density at radius 1 is 1.19 bits per heavy atom. The second kappa shape index (κ2) is 6.99. The van der Waals surface area contributed by atoms with Gasteiger partial charge in [-0.15, -0.1) is 0 Å². The first kappa shape index (κ1) is 16.3. The molecule has 0 atom stereocenters. The molecule has 134 valence electrons. The van der Waals surface area contributed by atoms with E-state index in [0.717, 1.165) is 31.4 Å². The molecule has 2 aromatic heterocycles. The first-order valence-corrected chi connectivity index (χ1v) is 8.61. The Balaban J connectivity index is 1.36. The lowest BCUT2D eigenvalue weighted by Crippen LogP contribution is -2.24. The number of aromatic nitrogens is 5. The molecule has 4 rings (SSSR count). The average molecular weight is 353 g/mol. The summed E-state index contributed by atoms with van der Waals surface area (Å²) in [4.78, 5) is 11.1. The van der Waals surface area contributed by atoms with E-state index in [9.17, 15) is 4.79 Å². The number of rotatable bonds is 5. The molecule has 2 N–H and O–H groups in total. The maximum atomic E-state index is 11.1. The van der Waals surface area contributed by atoms with E-state index < -0.39 is 5.97 Å². The zero-order valence-corrected chi connectivity index (χ0v) is 14.1. The second-order valence-electron chi connectivity index (χ2n) is 6.43. The van der Waals surface area contributed by atoms with Gasteiger partial charge < -0.3 is 9.84 Å². The van der Waals surface area contributed by atoms with Crippen LogP contribution < -0.4 is 4.74 Å². The number of nitrogens with zero attached hydrogens (tertiary/aromatic N) is 4. The zero-order chi connectivity index (χ0) is 17.9. The number of benzene rings is 1. The van der Waals surface area contributed by atoms with Crippen LogP contribution in [0, 0.1) is 0 Å². The number of carboxylic acids is 1. The summed E-state index contributed by atoms with van der Waals surface area (Å²) in [6.45, 7) is 0. The number of aromatic amines is 1.